The van der Waals surface area contributed by atoms with E-state index in [-0.39, 0.29) is 10.8 Å². The largest absolute Gasteiger partial charge is 0.368 e. The molecule has 0 saturated carbocycles. The molecule has 0 spiro atoms. The summed E-state index contributed by atoms with van der Waals surface area (Å²) in [5.41, 5.74) is 6.36. The number of rotatable bonds is 8. The number of sulfonamides is 1. The minimum absolute atomic E-state index is 0.0136. The van der Waals surface area contributed by atoms with Crippen molar-refractivity contribution >= 4 is 44.3 Å². The molecular formula is C24H29ClN6O3S. The lowest BCUT2D eigenvalue weighted by atomic mass is 10.0. The second kappa shape index (κ2) is 10.4. The first-order chi connectivity index (χ1) is 16.6. The van der Waals surface area contributed by atoms with Crippen LogP contribution in [0, 0.1) is 5.92 Å². The summed E-state index contributed by atoms with van der Waals surface area (Å²) in [6.45, 7) is 6.11. The van der Waals surface area contributed by atoms with Gasteiger partial charge in [0, 0.05) is 36.6 Å². The number of nitrogens with one attached hydrogen (secondary N) is 1. The summed E-state index contributed by atoms with van der Waals surface area (Å²) in [5.74, 6) is 0.696. The van der Waals surface area contributed by atoms with E-state index in [9.17, 15) is 13.2 Å². The molecule has 0 bridgehead atoms. The van der Waals surface area contributed by atoms with Crippen molar-refractivity contribution in [3.05, 3.63) is 59.4 Å². The third-order valence-corrected chi connectivity index (χ3v) is 8.23. The van der Waals surface area contributed by atoms with Crippen molar-refractivity contribution in [1.82, 2.24) is 19.2 Å². The Labute approximate surface area is 210 Å². The summed E-state index contributed by atoms with van der Waals surface area (Å²) >= 11 is 5.90. The molecule has 2 aromatic carbocycles. The molecule has 11 heteroatoms. The fourth-order valence-electron chi connectivity index (χ4n) is 4.10. The Morgan fingerprint density at radius 2 is 1.71 bits per heavy atom. The van der Waals surface area contributed by atoms with Crippen LogP contribution in [0.4, 0.5) is 5.82 Å². The molecule has 2 heterocycles. The third kappa shape index (κ3) is 5.72. The highest BCUT2D eigenvalue weighted by molar-refractivity contribution is 7.89. The fourth-order valence-corrected chi connectivity index (χ4v) is 5.65. The number of carbonyl (C=O) groups excluding carboxylic acids is 1. The first-order valence-corrected chi connectivity index (χ1v) is 13.3. The van der Waals surface area contributed by atoms with Gasteiger partial charge in [-0.05, 0) is 42.3 Å². The van der Waals surface area contributed by atoms with Crippen LogP contribution >= 0.6 is 11.6 Å². The van der Waals surface area contributed by atoms with Crippen LogP contribution < -0.4 is 11.1 Å². The Hall–Kier alpha value is -2.79. The van der Waals surface area contributed by atoms with Crippen molar-refractivity contribution in [3.8, 4) is 0 Å². The van der Waals surface area contributed by atoms with Crippen LogP contribution in [0.2, 0.25) is 5.02 Å². The molecular weight excluding hydrogens is 488 g/mol. The number of halogens is 1. The van der Waals surface area contributed by atoms with Gasteiger partial charge in [-0.15, -0.1) is 0 Å². The number of carbonyl (C=O) groups is 1. The van der Waals surface area contributed by atoms with E-state index in [0.29, 0.717) is 49.4 Å². The van der Waals surface area contributed by atoms with Crippen molar-refractivity contribution in [2.75, 3.05) is 31.5 Å². The lowest BCUT2D eigenvalue weighted by Gasteiger charge is -2.33. The molecule has 3 aromatic rings. The van der Waals surface area contributed by atoms with Crippen LogP contribution in [-0.4, -0.2) is 65.7 Å². The van der Waals surface area contributed by atoms with E-state index in [1.54, 1.807) is 12.1 Å². The number of anilines is 1. The molecule has 4 rings (SSSR count). The van der Waals surface area contributed by atoms with E-state index in [1.165, 1.54) is 16.4 Å². The minimum atomic E-state index is -3.58. The van der Waals surface area contributed by atoms with E-state index in [4.69, 9.17) is 27.3 Å². The lowest BCUT2D eigenvalue weighted by Crippen LogP contribution is -2.48. The van der Waals surface area contributed by atoms with Gasteiger partial charge in [0.2, 0.25) is 15.9 Å². The van der Waals surface area contributed by atoms with Gasteiger partial charge in [-0.3, -0.25) is 9.69 Å². The highest BCUT2D eigenvalue weighted by Crippen LogP contribution is 2.24. The summed E-state index contributed by atoms with van der Waals surface area (Å²) in [6, 6.07) is 13.2. The summed E-state index contributed by atoms with van der Waals surface area (Å²) in [6.07, 6.45) is 0. The van der Waals surface area contributed by atoms with E-state index in [0.717, 1.165) is 10.9 Å². The zero-order valence-electron chi connectivity index (χ0n) is 19.7. The van der Waals surface area contributed by atoms with Crippen LogP contribution in [0.15, 0.2) is 53.4 Å². The molecule has 1 fully saturated rings. The number of piperazine rings is 1. The third-order valence-electron chi connectivity index (χ3n) is 6.06. The Morgan fingerprint density at radius 3 is 2.34 bits per heavy atom. The van der Waals surface area contributed by atoms with Gasteiger partial charge in [0.1, 0.15) is 17.7 Å². The zero-order valence-corrected chi connectivity index (χ0v) is 21.3. The van der Waals surface area contributed by atoms with E-state index in [1.807, 2.05) is 38.1 Å². The number of amides is 1. The first kappa shape index (κ1) is 25.3. The predicted octanol–water partition coefficient (Wildman–Crippen LogP) is 2.71. The molecule has 186 valence electrons. The highest BCUT2D eigenvalue weighted by atomic mass is 35.5. The second-order valence-electron chi connectivity index (χ2n) is 8.91. The Kier molecular flexibility index (Phi) is 7.56. The van der Waals surface area contributed by atoms with Gasteiger partial charge in [-0.25, -0.2) is 18.4 Å². The Morgan fingerprint density at radius 1 is 1.06 bits per heavy atom. The first-order valence-electron chi connectivity index (χ1n) is 11.4. The number of nitrogens with zero attached hydrogens (tertiary/aromatic N) is 4. The van der Waals surface area contributed by atoms with Gasteiger partial charge < -0.3 is 11.1 Å². The number of hydrogen-bond acceptors (Lipinski definition) is 7. The fraction of sp³-hybridized carbons (Fsp3) is 0.375. The van der Waals surface area contributed by atoms with Gasteiger partial charge in [0.05, 0.1) is 17.0 Å². The normalized spacial score (nSPS) is 16.5. The average molecular weight is 517 g/mol. The quantitative estimate of drug-likeness (QED) is 0.472. The second-order valence-corrected chi connectivity index (χ2v) is 11.3. The Balaban J connectivity index is 1.49. The maximum Gasteiger partial charge on any atom is 0.243 e. The van der Waals surface area contributed by atoms with Crippen LogP contribution in [0.3, 0.4) is 0 Å². The van der Waals surface area contributed by atoms with Crippen molar-refractivity contribution in [1.29, 1.82) is 0 Å². The number of fused-ring (bicyclic) bond motifs is 1. The smallest absolute Gasteiger partial charge is 0.243 e. The molecule has 0 radical (unpaired) electrons. The molecule has 35 heavy (non-hydrogen) atoms. The van der Waals surface area contributed by atoms with Crippen LogP contribution in [-0.2, 0) is 21.4 Å². The predicted molar refractivity (Wildman–Crippen MR) is 136 cm³/mol. The molecule has 0 aliphatic carbocycles. The summed E-state index contributed by atoms with van der Waals surface area (Å²) < 4.78 is 27.4. The maximum absolute atomic E-state index is 13.0. The van der Waals surface area contributed by atoms with E-state index in [2.05, 4.69) is 10.2 Å². The van der Waals surface area contributed by atoms with Gasteiger partial charge >= 0.3 is 0 Å². The minimum Gasteiger partial charge on any atom is -0.368 e. The maximum atomic E-state index is 13.0. The molecule has 0 unspecified atom stereocenters. The van der Waals surface area contributed by atoms with Crippen LogP contribution in [0.25, 0.3) is 10.9 Å². The average Bonchev–Trinajstić information content (AvgIpc) is 2.82. The van der Waals surface area contributed by atoms with Gasteiger partial charge in [0.15, 0.2) is 0 Å². The number of hydrogen-bond donors (Lipinski definition) is 2. The lowest BCUT2D eigenvalue weighted by molar-refractivity contribution is -0.119. The van der Waals surface area contributed by atoms with E-state index < -0.39 is 22.0 Å². The molecule has 1 atom stereocenters. The van der Waals surface area contributed by atoms with Crippen molar-refractivity contribution in [2.45, 2.75) is 31.3 Å². The number of aromatic nitrogens is 2. The summed E-state index contributed by atoms with van der Waals surface area (Å²) in [4.78, 5) is 23.7. The van der Waals surface area contributed by atoms with Crippen molar-refractivity contribution in [2.24, 2.45) is 11.7 Å². The molecule has 1 amide bonds. The number of nitrogens with two attached hydrogens (primary N) is 1. The molecule has 1 aliphatic heterocycles. The van der Waals surface area contributed by atoms with E-state index >= 15 is 0 Å². The molecule has 1 aromatic heterocycles. The van der Waals surface area contributed by atoms with Crippen molar-refractivity contribution in [3.63, 3.8) is 0 Å². The molecule has 1 saturated heterocycles. The van der Waals surface area contributed by atoms with Gasteiger partial charge in [0.25, 0.3) is 0 Å². The topological polar surface area (TPSA) is 122 Å². The molecule has 3 N–H and O–H groups in total. The van der Waals surface area contributed by atoms with Crippen LogP contribution in [0.1, 0.15) is 19.7 Å². The Bertz CT molecular complexity index is 1310. The standard InChI is InChI=1S/C24H29ClN6O3S/c1-16(2)22(23(26)32)29-24-19-5-3-4-6-20(19)27-21(28-24)15-30-11-13-31(14-12-30)35(33,34)18-9-7-17(25)8-10-18/h3-10,16,22H,11-15H2,1-2H3,(H2,26,32)(H,27,28,29)/t22-/m0/s1. The number of primary amides is 1. The monoisotopic (exact) mass is 516 g/mol. The molecule has 9 nitrogen and oxygen atoms in total. The SMILES string of the molecule is CC(C)[C@H](Nc1nc(CN2CCN(S(=O)(=O)c3ccc(Cl)cc3)CC2)nc2ccccc12)C(N)=O. The summed E-state index contributed by atoms with van der Waals surface area (Å²) in [7, 11) is -3.58. The summed E-state index contributed by atoms with van der Waals surface area (Å²) in [5, 5.41) is 4.51. The van der Waals surface area contributed by atoms with Gasteiger partial charge in [-0.1, -0.05) is 37.6 Å². The van der Waals surface area contributed by atoms with Crippen molar-refractivity contribution < 1.29 is 13.2 Å². The highest BCUT2D eigenvalue weighted by Gasteiger charge is 2.29. The number of para-hydroxylation sites is 1. The molecule has 1 aliphatic rings. The van der Waals surface area contributed by atoms with Gasteiger partial charge in [-0.2, -0.15) is 4.31 Å². The van der Waals surface area contributed by atoms with Crippen LogP contribution in [0.5, 0.6) is 0 Å². The number of benzene rings is 2. The zero-order chi connectivity index (χ0) is 25.2.